The molecule has 0 radical (unpaired) electrons. The Morgan fingerprint density at radius 1 is 0.415 bits per heavy atom. The van der Waals surface area contributed by atoms with E-state index in [1.165, 1.54) is 89.6 Å². The molecule has 6 heterocycles. The normalized spacial score (nSPS) is 12.5. The van der Waals surface area contributed by atoms with E-state index in [9.17, 15) is 0 Å². The Labute approximate surface area is 308 Å². The number of furan rings is 1. The summed E-state index contributed by atoms with van der Waals surface area (Å²) in [5, 5.41) is 11.4. The van der Waals surface area contributed by atoms with E-state index in [0.29, 0.717) is 0 Å². The summed E-state index contributed by atoms with van der Waals surface area (Å²) in [5.74, 6) is 0. The molecule has 0 fully saturated rings. The van der Waals surface area contributed by atoms with Crippen LogP contribution in [-0.2, 0) is 0 Å². The lowest BCUT2D eigenvalue weighted by molar-refractivity contribution is 0.668. The number of fused-ring (bicyclic) bond motifs is 17. The second-order valence-electron chi connectivity index (χ2n) is 13.9. The highest BCUT2D eigenvalue weighted by Gasteiger charge is 2.22. The van der Waals surface area contributed by atoms with Crippen LogP contribution in [0.25, 0.3) is 117 Å². The van der Waals surface area contributed by atoms with Crippen molar-refractivity contribution in [3.05, 3.63) is 152 Å². The molecule has 0 amide bonds. The van der Waals surface area contributed by atoms with Crippen LogP contribution in [0.15, 0.2) is 156 Å². The van der Waals surface area contributed by atoms with Crippen molar-refractivity contribution in [1.29, 1.82) is 0 Å². The summed E-state index contributed by atoms with van der Waals surface area (Å²) in [6.07, 6.45) is 1.83. The van der Waals surface area contributed by atoms with Gasteiger partial charge in [0.2, 0.25) is 0 Å². The molecular formula is C47H25N3OS2. The van der Waals surface area contributed by atoms with E-state index in [4.69, 9.17) is 4.42 Å². The van der Waals surface area contributed by atoms with Gasteiger partial charge >= 0.3 is 0 Å². The summed E-state index contributed by atoms with van der Waals surface area (Å²) in [6, 6.07) is 53.1. The van der Waals surface area contributed by atoms with Crippen LogP contribution in [-0.4, -0.2) is 14.1 Å². The first-order chi connectivity index (χ1) is 26.3. The summed E-state index contributed by atoms with van der Waals surface area (Å²) >= 11 is 3.79. The number of rotatable bonds is 2. The van der Waals surface area contributed by atoms with Gasteiger partial charge in [-0.3, -0.25) is 4.98 Å². The predicted octanol–water partition coefficient (Wildman–Crippen LogP) is 13.9. The Bertz CT molecular complexity index is 3460. The molecule has 0 saturated heterocycles. The minimum Gasteiger partial charge on any atom is -0.454 e. The molecule has 0 aliphatic carbocycles. The molecule has 13 aromatic rings. The summed E-state index contributed by atoms with van der Waals surface area (Å²) in [6.45, 7) is 0. The monoisotopic (exact) mass is 711 g/mol. The Kier molecular flexibility index (Phi) is 5.37. The molecule has 0 bridgehead atoms. The molecule has 0 saturated carbocycles. The minimum absolute atomic E-state index is 0.807. The average molecular weight is 712 g/mol. The second kappa shape index (κ2) is 10.1. The largest absolute Gasteiger partial charge is 0.454 e. The van der Waals surface area contributed by atoms with Gasteiger partial charge in [0.05, 0.1) is 22.1 Å². The van der Waals surface area contributed by atoms with Crippen LogP contribution in [0.5, 0.6) is 0 Å². The van der Waals surface area contributed by atoms with Crippen molar-refractivity contribution in [3.8, 4) is 11.4 Å². The molecule has 0 aliphatic rings. The zero-order valence-electron chi connectivity index (χ0n) is 28.0. The van der Waals surface area contributed by atoms with Gasteiger partial charge in [0.25, 0.3) is 0 Å². The van der Waals surface area contributed by atoms with E-state index in [2.05, 4.69) is 148 Å². The smallest absolute Gasteiger partial charge is 0.153 e. The predicted molar refractivity (Wildman–Crippen MR) is 226 cm³/mol. The molecule has 0 N–H and O–H groups in total. The van der Waals surface area contributed by atoms with Crippen LogP contribution >= 0.6 is 22.7 Å². The van der Waals surface area contributed by atoms with Crippen LogP contribution in [0.1, 0.15) is 0 Å². The summed E-state index contributed by atoms with van der Waals surface area (Å²) in [7, 11) is 0. The summed E-state index contributed by atoms with van der Waals surface area (Å²) in [4.78, 5) is 4.67. The Morgan fingerprint density at radius 2 is 1.02 bits per heavy atom. The molecule has 6 heteroatoms. The van der Waals surface area contributed by atoms with E-state index in [1.54, 1.807) is 0 Å². The highest BCUT2D eigenvalue weighted by molar-refractivity contribution is 7.28. The van der Waals surface area contributed by atoms with E-state index in [0.717, 1.165) is 27.8 Å². The molecule has 0 atom stereocenters. The van der Waals surface area contributed by atoms with Gasteiger partial charge in [-0.1, -0.05) is 66.7 Å². The Morgan fingerprint density at radius 3 is 1.74 bits per heavy atom. The topological polar surface area (TPSA) is 35.9 Å². The number of hydrogen-bond acceptors (Lipinski definition) is 4. The van der Waals surface area contributed by atoms with Crippen molar-refractivity contribution >= 4 is 129 Å². The van der Waals surface area contributed by atoms with Crippen molar-refractivity contribution in [2.24, 2.45) is 0 Å². The Balaban J connectivity index is 1.10. The van der Waals surface area contributed by atoms with Gasteiger partial charge < -0.3 is 13.6 Å². The van der Waals surface area contributed by atoms with Gasteiger partial charge in [-0.15, -0.1) is 22.7 Å². The molecule has 7 aromatic carbocycles. The van der Waals surface area contributed by atoms with Crippen molar-refractivity contribution in [1.82, 2.24) is 14.1 Å². The van der Waals surface area contributed by atoms with Crippen molar-refractivity contribution < 1.29 is 4.42 Å². The van der Waals surface area contributed by atoms with Crippen molar-refractivity contribution in [2.75, 3.05) is 0 Å². The fraction of sp³-hybridized carbons (Fsp3) is 0. The first-order valence-electron chi connectivity index (χ1n) is 17.8. The zero-order chi connectivity index (χ0) is 34.4. The standard InChI is InChI=1S/C47H25N3OS2/c1-4-11-35-31(9-1)43-37(49(35)26-15-21-39-34(25-26)45-40(51-39)13-7-23-48-45)19-17-29-30-18-20-38-44(47(30)53-46(29)43)32-10-2-5-12-36(32)50(38)27-16-22-42-33(24-27)28-8-3-6-14-41(28)52-42/h1-25H. The number of benzene rings is 7. The SMILES string of the molecule is c1cnc2c(c1)oc1ccc(-n3c4ccccc4c4c5sc6c(ccc7c6c6ccccc6n7-c6ccc7sc8ccccc8c7c6)c5ccc43)cc12. The number of para-hydroxylation sites is 2. The van der Waals surface area contributed by atoms with E-state index >= 15 is 0 Å². The van der Waals surface area contributed by atoms with Gasteiger partial charge in [-0.05, 0) is 78.9 Å². The quantitative estimate of drug-likeness (QED) is 0.179. The van der Waals surface area contributed by atoms with Crippen LogP contribution in [0.3, 0.4) is 0 Å². The molecule has 0 spiro atoms. The molecule has 53 heavy (non-hydrogen) atoms. The number of nitrogens with zero attached hydrogens (tertiary/aromatic N) is 3. The van der Waals surface area contributed by atoms with Gasteiger partial charge in [0.15, 0.2) is 5.58 Å². The first kappa shape index (κ1) is 28.2. The molecule has 4 nitrogen and oxygen atoms in total. The highest BCUT2D eigenvalue weighted by Crippen LogP contribution is 2.48. The third-order valence-electron chi connectivity index (χ3n) is 11.2. The zero-order valence-corrected chi connectivity index (χ0v) is 29.6. The fourth-order valence-electron chi connectivity index (χ4n) is 8.93. The molecule has 0 unspecified atom stereocenters. The van der Waals surface area contributed by atoms with Gasteiger partial charge in [0, 0.05) is 84.8 Å². The summed E-state index contributed by atoms with van der Waals surface area (Å²) in [5.41, 5.74) is 9.68. The maximum absolute atomic E-state index is 6.15. The maximum atomic E-state index is 6.15. The fourth-order valence-corrected chi connectivity index (χ4v) is 11.4. The number of hydrogen-bond donors (Lipinski definition) is 0. The molecule has 13 rings (SSSR count). The molecule has 6 aromatic heterocycles. The lowest BCUT2D eigenvalue weighted by Crippen LogP contribution is -1.93. The third-order valence-corrected chi connectivity index (χ3v) is 13.6. The van der Waals surface area contributed by atoms with Crippen LogP contribution in [0.2, 0.25) is 0 Å². The van der Waals surface area contributed by atoms with Gasteiger partial charge in [0.1, 0.15) is 11.1 Å². The lowest BCUT2D eigenvalue weighted by Gasteiger charge is -2.08. The van der Waals surface area contributed by atoms with E-state index in [-0.39, 0.29) is 0 Å². The van der Waals surface area contributed by atoms with E-state index < -0.39 is 0 Å². The first-order valence-corrected chi connectivity index (χ1v) is 19.4. The average Bonchev–Trinajstić information content (AvgIpc) is 4.01. The van der Waals surface area contributed by atoms with Gasteiger partial charge in [-0.25, -0.2) is 0 Å². The van der Waals surface area contributed by atoms with E-state index in [1.807, 2.05) is 41.0 Å². The molecule has 246 valence electrons. The van der Waals surface area contributed by atoms with Gasteiger partial charge in [-0.2, -0.15) is 0 Å². The van der Waals surface area contributed by atoms with Crippen LogP contribution in [0, 0.1) is 0 Å². The highest BCUT2D eigenvalue weighted by atomic mass is 32.1. The minimum atomic E-state index is 0.807. The number of thiophene rings is 2. The lowest BCUT2D eigenvalue weighted by atomic mass is 10.1. The van der Waals surface area contributed by atoms with Crippen molar-refractivity contribution in [3.63, 3.8) is 0 Å². The molecular weight excluding hydrogens is 687 g/mol. The third kappa shape index (κ3) is 3.66. The van der Waals surface area contributed by atoms with Crippen LogP contribution in [0.4, 0.5) is 0 Å². The molecule has 0 aliphatic heterocycles. The van der Waals surface area contributed by atoms with Crippen molar-refractivity contribution in [2.45, 2.75) is 0 Å². The number of aromatic nitrogens is 3. The number of pyridine rings is 1. The maximum Gasteiger partial charge on any atom is 0.153 e. The van der Waals surface area contributed by atoms with Crippen LogP contribution < -0.4 is 0 Å². The second-order valence-corrected chi connectivity index (χ2v) is 16.0. The summed E-state index contributed by atoms with van der Waals surface area (Å²) < 4.78 is 16.3. The Hall–Kier alpha value is -6.47.